The van der Waals surface area contributed by atoms with E-state index in [-0.39, 0.29) is 35.8 Å². The molecule has 9 heteroatoms. The molecule has 42 heavy (non-hydrogen) atoms. The number of hydrogen-bond donors (Lipinski definition) is 6. The number of carbonyl (C=O) groups excluding carboxylic acids is 1. The summed E-state index contributed by atoms with van der Waals surface area (Å²) in [7, 11) is 2.88. The number of Topliss-reactive ketones (excluding diaryl/α,β-unsaturated/α-hetero) is 1. The number of ether oxygens (including phenoxy) is 2. The normalized spacial score (nSPS) is 14.1. The average Bonchev–Trinajstić information content (AvgIpc) is 3.50. The molecule has 0 aliphatic rings. The summed E-state index contributed by atoms with van der Waals surface area (Å²) in [5.74, 6) is -0.388. The molecule has 0 bridgehead atoms. The Kier molecular flexibility index (Phi) is 9.77. The number of aromatic hydroxyl groups is 3. The van der Waals surface area contributed by atoms with E-state index < -0.39 is 29.8 Å². The molecule has 0 amide bonds. The minimum atomic E-state index is -1.50. The van der Waals surface area contributed by atoms with Gasteiger partial charge >= 0.3 is 0 Å². The first-order valence-corrected chi connectivity index (χ1v) is 13.6. The van der Waals surface area contributed by atoms with Crippen molar-refractivity contribution in [3.63, 3.8) is 0 Å². The van der Waals surface area contributed by atoms with Crippen LogP contribution in [0.25, 0.3) is 0 Å². The van der Waals surface area contributed by atoms with E-state index in [1.807, 2.05) is 12.3 Å². The molecule has 4 rings (SSSR count). The van der Waals surface area contributed by atoms with Crippen LogP contribution in [0.2, 0.25) is 0 Å². The molecule has 0 fully saturated rings. The number of ketones is 1. The Labute approximate surface area is 244 Å². The van der Waals surface area contributed by atoms with Crippen LogP contribution in [0, 0.1) is 5.92 Å². The Morgan fingerprint density at radius 1 is 0.857 bits per heavy atom. The van der Waals surface area contributed by atoms with Crippen molar-refractivity contribution in [1.82, 2.24) is 4.98 Å². The Morgan fingerprint density at radius 2 is 1.50 bits per heavy atom. The molecule has 4 aromatic rings. The third-order valence-electron chi connectivity index (χ3n) is 7.79. The number of aliphatic hydroxyl groups excluding tert-OH is 2. The number of phenolic OH excluding ortho intramolecular Hbond substituents is 3. The number of rotatable bonds is 14. The van der Waals surface area contributed by atoms with Crippen LogP contribution in [0.1, 0.15) is 28.7 Å². The molecule has 0 saturated carbocycles. The molecule has 9 nitrogen and oxygen atoms in total. The monoisotopic (exact) mass is 575 g/mol. The Morgan fingerprint density at radius 3 is 2.10 bits per heavy atom. The van der Waals surface area contributed by atoms with Gasteiger partial charge in [-0.1, -0.05) is 24.3 Å². The summed E-state index contributed by atoms with van der Waals surface area (Å²) in [5, 5.41) is 52.7. The quantitative estimate of drug-likeness (QED) is 0.132. The standard InChI is InChI=1S/C33H37NO8/c1-41-30-14-21(6-8-27(30)37)12-24(13-23-10-11-34-19-23)29(39)17-32(40)33(20-35,25-4-3-5-26(36)16-25)18-22-7-9-28(38)31(15-22)42-2/h3-11,14-16,19,24,29,34-39H,12-13,17-18,20H2,1-2H3. The SMILES string of the molecule is COc1cc(CC(Cc2cc[nH]c2)C(O)CC(=O)C(CO)(Cc2ccc(O)c(OC)c2)c2cccc(O)c2)ccc1O. The smallest absolute Gasteiger partial charge is 0.160 e. The van der Waals surface area contributed by atoms with Crippen molar-refractivity contribution in [3.8, 4) is 28.7 Å². The summed E-state index contributed by atoms with van der Waals surface area (Å²) in [4.78, 5) is 17.2. The van der Waals surface area contributed by atoms with Crippen LogP contribution in [-0.2, 0) is 29.5 Å². The van der Waals surface area contributed by atoms with Crippen LogP contribution in [0.15, 0.2) is 79.1 Å². The second-order valence-corrected chi connectivity index (χ2v) is 10.6. The maximum absolute atomic E-state index is 14.2. The van der Waals surface area contributed by atoms with E-state index >= 15 is 0 Å². The summed E-state index contributed by atoms with van der Waals surface area (Å²) in [5.41, 5.74) is 1.29. The van der Waals surface area contributed by atoms with Crippen LogP contribution in [0.4, 0.5) is 0 Å². The first-order valence-electron chi connectivity index (χ1n) is 13.6. The van der Waals surface area contributed by atoms with Crippen molar-refractivity contribution in [2.45, 2.75) is 37.2 Å². The van der Waals surface area contributed by atoms with Crippen molar-refractivity contribution >= 4 is 5.78 Å². The van der Waals surface area contributed by atoms with Crippen molar-refractivity contribution in [1.29, 1.82) is 0 Å². The van der Waals surface area contributed by atoms with Gasteiger partial charge in [0.15, 0.2) is 23.0 Å². The molecule has 6 N–H and O–H groups in total. The largest absolute Gasteiger partial charge is 0.508 e. The lowest BCUT2D eigenvalue weighted by molar-refractivity contribution is -0.129. The zero-order valence-electron chi connectivity index (χ0n) is 23.7. The molecule has 1 heterocycles. The fourth-order valence-corrected chi connectivity index (χ4v) is 5.42. The highest BCUT2D eigenvalue weighted by Gasteiger charge is 2.41. The molecule has 3 unspecified atom stereocenters. The number of aromatic nitrogens is 1. The van der Waals surface area contributed by atoms with E-state index in [0.717, 1.165) is 11.1 Å². The number of aromatic amines is 1. The van der Waals surface area contributed by atoms with Crippen molar-refractivity contribution < 1.29 is 39.8 Å². The summed E-state index contributed by atoms with van der Waals surface area (Å²) in [6, 6.07) is 17.8. The van der Waals surface area contributed by atoms with Crippen molar-refractivity contribution in [2.75, 3.05) is 20.8 Å². The van der Waals surface area contributed by atoms with Gasteiger partial charge < -0.3 is 40.0 Å². The topological polar surface area (TPSA) is 152 Å². The third kappa shape index (κ3) is 6.87. The van der Waals surface area contributed by atoms with Crippen molar-refractivity contribution in [3.05, 3.63) is 101 Å². The predicted octanol–water partition coefficient (Wildman–Crippen LogP) is 4.04. The fraction of sp³-hybridized carbons (Fsp3) is 0.303. The average molecular weight is 576 g/mol. The minimum Gasteiger partial charge on any atom is -0.508 e. The number of nitrogens with one attached hydrogen (secondary N) is 1. The Balaban J connectivity index is 1.68. The third-order valence-corrected chi connectivity index (χ3v) is 7.79. The Hall–Kier alpha value is -4.47. The first-order chi connectivity index (χ1) is 20.2. The number of aliphatic hydroxyl groups is 2. The van der Waals surface area contributed by atoms with Crippen LogP contribution >= 0.6 is 0 Å². The number of methoxy groups -OCH3 is 2. The summed E-state index contributed by atoms with van der Waals surface area (Å²) in [6.07, 6.45) is 3.16. The van der Waals surface area contributed by atoms with Crippen LogP contribution in [0.5, 0.6) is 28.7 Å². The van der Waals surface area contributed by atoms with Crippen LogP contribution < -0.4 is 9.47 Å². The van der Waals surface area contributed by atoms with Gasteiger partial charge in [0.2, 0.25) is 0 Å². The van der Waals surface area contributed by atoms with Gasteiger partial charge in [0, 0.05) is 18.8 Å². The van der Waals surface area contributed by atoms with Crippen molar-refractivity contribution in [2.24, 2.45) is 5.92 Å². The first kappa shape index (κ1) is 30.5. The zero-order valence-corrected chi connectivity index (χ0v) is 23.7. The maximum Gasteiger partial charge on any atom is 0.160 e. The van der Waals surface area contributed by atoms with Gasteiger partial charge in [-0.3, -0.25) is 4.79 Å². The Bertz CT molecular complexity index is 1490. The highest BCUT2D eigenvalue weighted by molar-refractivity contribution is 5.91. The van der Waals surface area contributed by atoms with Gasteiger partial charge in [-0.05, 0) is 89.9 Å². The molecular formula is C33H37NO8. The summed E-state index contributed by atoms with van der Waals surface area (Å²) >= 11 is 0. The summed E-state index contributed by atoms with van der Waals surface area (Å²) < 4.78 is 10.5. The van der Waals surface area contributed by atoms with Gasteiger partial charge in [-0.15, -0.1) is 0 Å². The van der Waals surface area contributed by atoms with Gasteiger partial charge in [0.25, 0.3) is 0 Å². The molecule has 0 aliphatic heterocycles. The molecule has 3 atom stereocenters. The molecule has 0 saturated heterocycles. The number of hydrogen-bond acceptors (Lipinski definition) is 8. The zero-order chi connectivity index (χ0) is 30.3. The highest BCUT2D eigenvalue weighted by Crippen LogP contribution is 2.37. The highest BCUT2D eigenvalue weighted by atomic mass is 16.5. The maximum atomic E-state index is 14.2. The van der Waals surface area contributed by atoms with Gasteiger partial charge in [0.1, 0.15) is 11.5 Å². The second-order valence-electron chi connectivity index (χ2n) is 10.6. The van der Waals surface area contributed by atoms with Crippen LogP contribution in [0.3, 0.4) is 0 Å². The van der Waals surface area contributed by atoms with E-state index in [4.69, 9.17) is 9.47 Å². The number of H-pyrrole nitrogens is 1. The molecular weight excluding hydrogens is 538 g/mol. The molecule has 222 valence electrons. The lowest BCUT2D eigenvalue weighted by Gasteiger charge is -2.33. The number of phenols is 3. The number of carbonyl (C=O) groups is 1. The lowest BCUT2D eigenvalue weighted by Crippen LogP contribution is -2.44. The van der Waals surface area contributed by atoms with E-state index in [1.54, 1.807) is 42.6 Å². The van der Waals surface area contributed by atoms with E-state index in [1.165, 1.54) is 38.5 Å². The van der Waals surface area contributed by atoms with Crippen LogP contribution in [-0.4, -0.2) is 63.2 Å². The van der Waals surface area contributed by atoms with Gasteiger partial charge in [-0.25, -0.2) is 0 Å². The second kappa shape index (κ2) is 13.5. The van der Waals surface area contributed by atoms with E-state index in [9.17, 15) is 30.3 Å². The van der Waals surface area contributed by atoms with E-state index in [0.29, 0.717) is 29.7 Å². The predicted molar refractivity (Wildman–Crippen MR) is 157 cm³/mol. The van der Waals surface area contributed by atoms with E-state index in [2.05, 4.69) is 4.98 Å². The van der Waals surface area contributed by atoms with Gasteiger partial charge in [0.05, 0.1) is 32.3 Å². The molecule has 1 aromatic heterocycles. The number of benzene rings is 3. The lowest BCUT2D eigenvalue weighted by atomic mass is 9.70. The molecule has 0 radical (unpaired) electrons. The fourth-order valence-electron chi connectivity index (χ4n) is 5.42. The molecule has 3 aromatic carbocycles. The van der Waals surface area contributed by atoms with Gasteiger partial charge in [-0.2, -0.15) is 0 Å². The summed E-state index contributed by atoms with van der Waals surface area (Å²) in [6.45, 7) is -0.581. The molecule has 0 aliphatic carbocycles. The molecule has 0 spiro atoms. The minimum absolute atomic E-state index is 0.00358.